The van der Waals surface area contributed by atoms with E-state index in [1.54, 1.807) is 0 Å². The first-order chi connectivity index (χ1) is 5.55. The van der Waals surface area contributed by atoms with Gasteiger partial charge in [-0.25, -0.2) is 0 Å². The van der Waals surface area contributed by atoms with Gasteiger partial charge >= 0.3 is 6.18 Å². The van der Waals surface area contributed by atoms with E-state index >= 15 is 0 Å². The normalized spacial score (nSPS) is 26.1. The molecule has 1 atom stereocenters. The van der Waals surface area contributed by atoms with Gasteiger partial charge in [0.2, 0.25) is 6.23 Å². The number of nitrogens with zero attached hydrogens (tertiary/aromatic N) is 1. The molecule has 1 fully saturated rings. The first-order valence-electron chi connectivity index (χ1n) is 3.59. The maximum absolute atomic E-state index is 12.1. The van der Waals surface area contributed by atoms with Crippen molar-refractivity contribution in [3.63, 3.8) is 0 Å². The summed E-state index contributed by atoms with van der Waals surface area (Å²) in [6, 6.07) is 0. The summed E-state index contributed by atoms with van der Waals surface area (Å²) >= 11 is 0. The summed E-state index contributed by atoms with van der Waals surface area (Å²) in [5.74, 6) is 0. The smallest absolute Gasteiger partial charge is 0.353 e. The van der Waals surface area contributed by atoms with Gasteiger partial charge in [-0.2, -0.15) is 13.2 Å². The molecule has 0 N–H and O–H groups in total. The highest BCUT2D eigenvalue weighted by molar-refractivity contribution is 4.82. The fraction of sp³-hybridized carbons (Fsp3) is 0.714. The van der Waals surface area contributed by atoms with Crippen LogP contribution >= 0.6 is 0 Å². The van der Waals surface area contributed by atoms with Gasteiger partial charge in [0.05, 0.1) is 6.61 Å². The van der Waals surface area contributed by atoms with E-state index in [0.717, 1.165) is 0 Å². The van der Waals surface area contributed by atoms with Crippen LogP contribution in [0.25, 0.3) is 0 Å². The number of rotatable bonds is 2. The Morgan fingerprint density at radius 1 is 1.58 bits per heavy atom. The van der Waals surface area contributed by atoms with Crippen LogP contribution < -0.4 is 0 Å². The zero-order valence-corrected chi connectivity index (χ0v) is 6.47. The van der Waals surface area contributed by atoms with E-state index in [0.29, 0.717) is 6.54 Å². The van der Waals surface area contributed by atoms with Crippen LogP contribution in [0.5, 0.6) is 0 Å². The highest BCUT2D eigenvalue weighted by Gasteiger charge is 2.46. The molecule has 0 saturated carbocycles. The summed E-state index contributed by atoms with van der Waals surface area (Å²) in [5.41, 5.74) is 0. The summed E-state index contributed by atoms with van der Waals surface area (Å²) in [5, 5.41) is 0. The van der Waals surface area contributed by atoms with Crippen molar-refractivity contribution < 1.29 is 17.9 Å². The third kappa shape index (κ3) is 1.98. The summed E-state index contributed by atoms with van der Waals surface area (Å²) in [4.78, 5) is 1.20. The molecule has 0 aromatic heterocycles. The van der Waals surface area contributed by atoms with E-state index in [1.807, 2.05) is 0 Å². The van der Waals surface area contributed by atoms with Crippen molar-refractivity contribution in [2.24, 2.45) is 0 Å². The minimum absolute atomic E-state index is 0.137. The molecule has 0 spiro atoms. The average molecular weight is 181 g/mol. The molecule has 0 radical (unpaired) electrons. The molecule has 0 aliphatic carbocycles. The van der Waals surface area contributed by atoms with E-state index in [9.17, 15) is 13.2 Å². The molecule has 1 aliphatic heterocycles. The predicted octanol–water partition coefficient (Wildman–Crippen LogP) is 1.39. The molecule has 0 aromatic carbocycles. The lowest BCUT2D eigenvalue weighted by Crippen LogP contribution is -2.42. The summed E-state index contributed by atoms with van der Waals surface area (Å²) in [7, 11) is 0. The first kappa shape index (κ1) is 9.54. The predicted molar refractivity (Wildman–Crippen MR) is 37.6 cm³/mol. The van der Waals surface area contributed by atoms with Gasteiger partial charge in [-0.3, -0.25) is 4.90 Å². The Morgan fingerprint density at radius 3 is 2.75 bits per heavy atom. The fourth-order valence-electron chi connectivity index (χ4n) is 1.16. The van der Waals surface area contributed by atoms with Gasteiger partial charge in [-0.1, -0.05) is 6.08 Å². The molecule has 1 rings (SSSR count). The van der Waals surface area contributed by atoms with E-state index in [-0.39, 0.29) is 13.2 Å². The third-order valence-corrected chi connectivity index (χ3v) is 1.63. The van der Waals surface area contributed by atoms with Crippen molar-refractivity contribution in [1.29, 1.82) is 0 Å². The second-order valence-electron chi connectivity index (χ2n) is 2.55. The second kappa shape index (κ2) is 3.45. The minimum Gasteiger partial charge on any atom is -0.353 e. The lowest BCUT2D eigenvalue weighted by molar-refractivity contribution is -0.238. The molecule has 1 unspecified atom stereocenters. The second-order valence-corrected chi connectivity index (χ2v) is 2.55. The van der Waals surface area contributed by atoms with Gasteiger partial charge in [0.15, 0.2) is 0 Å². The summed E-state index contributed by atoms with van der Waals surface area (Å²) < 4.78 is 40.9. The average Bonchev–Trinajstić information content (AvgIpc) is 2.34. The summed E-state index contributed by atoms with van der Waals surface area (Å²) in [6.07, 6.45) is -4.59. The molecular weight excluding hydrogens is 171 g/mol. The standard InChI is InChI=1S/C7H10F3NO/c1-2-3-11-4-5-12-6(11)7(8,9)10/h2,6H,1,3-5H2. The van der Waals surface area contributed by atoms with E-state index in [2.05, 4.69) is 11.3 Å². The Balaban J connectivity index is 2.57. The Kier molecular flexibility index (Phi) is 2.74. The Bertz CT molecular complexity index is 169. The minimum atomic E-state index is -4.29. The van der Waals surface area contributed by atoms with Crippen molar-refractivity contribution in [3.05, 3.63) is 12.7 Å². The van der Waals surface area contributed by atoms with Gasteiger partial charge in [0, 0.05) is 13.1 Å². The molecule has 1 saturated heterocycles. The van der Waals surface area contributed by atoms with Crippen LogP contribution in [0.2, 0.25) is 0 Å². The third-order valence-electron chi connectivity index (χ3n) is 1.63. The molecule has 0 aromatic rings. The topological polar surface area (TPSA) is 12.5 Å². The largest absolute Gasteiger partial charge is 0.428 e. The lowest BCUT2D eigenvalue weighted by atomic mass is 10.4. The maximum atomic E-state index is 12.1. The Morgan fingerprint density at radius 2 is 2.25 bits per heavy atom. The number of halogens is 3. The Labute approximate surface area is 68.6 Å². The highest BCUT2D eigenvalue weighted by atomic mass is 19.4. The van der Waals surface area contributed by atoms with Crippen LogP contribution in [-0.2, 0) is 4.74 Å². The van der Waals surface area contributed by atoms with Gasteiger partial charge in [0.1, 0.15) is 0 Å². The SMILES string of the molecule is C=CCN1CCOC1C(F)(F)F. The molecule has 2 nitrogen and oxygen atoms in total. The number of hydrogen-bond donors (Lipinski definition) is 0. The van der Waals surface area contributed by atoms with E-state index in [1.165, 1.54) is 11.0 Å². The van der Waals surface area contributed by atoms with E-state index in [4.69, 9.17) is 0 Å². The van der Waals surface area contributed by atoms with Crippen molar-refractivity contribution in [2.45, 2.75) is 12.4 Å². The van der Waals surface area contributed by atoms with Crippen LogP contribution in [-0.4, -0.2) is 37.0 Å². The molecule has 0 bridgehead atoms. The van der Waals surface area contributed by atoms with Crippen molar-refractivity contribution in [1.82, 2.24) is 4.90 Å². The van der Waals surface area contributed by atoms with Crippen LogP contribution in [0.3, 0.4) is 0 Å². The van der Waals surface area contributed by atoms with Gasteiger partial charge in [-0.05, 0) is 0 Å². The molecule has 5 heteroatoms. The van der Waals surface area contributed by atoms with Gasteiger partial charge < -0.3 is 4.74 Å². The van der Waals surface area contributed by atoms with Crippen LogP contribution in [0.15, 0.2) is 12.7 Å². The van der Waals surface area contributed by atoms with Crippen molar-refractivity contribution in [3.8, 4) is 0 Å². The van der Waals surface area contributed by atoms with Crippen LogP contribution in [0.1, 0.15) is 0 Å². The maximum Gasteiger partial charge on any atom is 0.428 e. The monoisotopic (exact) mass is 181 g/mol. The van der Waals surface area contributed by atoms with Crippen LogP contribution in [0, 0.1) is 0 Å². The molecule has 0 amide bonds. The number of ether oxygens (including phenoxy) is 1. The zero-order valence-electron chi connectivity index (χ0n) is 6.47. The van der Waals surface area contributed by atoms with Gasteiger partial charge in [0.25, 0.3) is 0 Å². The molecule has 1 aliphatic rings. The van der Waals surface area contributed by atoms with Crippen LogP contribution in [0.4, 0.5) is 13.2 Å². The van der Waals surface area contributed by atoms with E-state index < -0.39 is 12.4 Å². The number of alkyl halides is 3. The Hall–Kier alpha value is -0.550. The molecule has 1 heterocycles. The zero-order chi connectivity index (χ0) is 9.19. The highest BCUT2D eigenvalue weighted by Crippen LogP contribution is 2.28. The van der Waals surface area contributed by atoms with Crippen molar-refractivity contribution in [2.75, 3.05) is 19.7 Å². The molecular formula is C7H10F3NO. The summed E-state index contributed by atoms with van der Waals surface area (Å²) in [6.45, 7) is 4.04. The quantitative estimate of drug-likeness (QED) is 0.597. The van der Waals surface area contributed by atoms with Gasteiger partial charge in [-0.15, -0.1) is 6.58 Å². The lowest BCUT2D eigenvalue weighted by Gasteiger charge is -2.23. The number of hydrogen-bond acceptors (Lipinski definition) is 2. The molecule has 12 heavy (non-hydrogen) atoms. The first-order valence-corrected chi connectivity index (χ1v) is 3.59. The molecule has 70 valence electrons. The fourth-order valence-corrected chi connectivity index (χ4v) is 1.16. The van der Waals surface area contributed by atoms with Crippen molar-refractivity contribution >= 4 is 0 Å².